The average molecular weight is 773 g/mol. The molecule has 0 aliphatic rings. The quantitative estimate of drug-likeness (QED) is 0.0534. The summed E-state index contributed by atoms with van der Waals surface area (Å²) in [7, 11) is -9.01. The number of nitrogens with zero attached hydrogens (tertiary/aromatic N) is 4. The molecule has 46 heavy (non-hydrogen) atoms. The van der Waals surface area contributed by atoms with Crippen molar-refractivity contribution in [2.24, 2.45) is 9.32 Å². The zero-order chi connectivity index (χ0) is 34.9. The maximum absolute atomic E-state index is 14.0. The summed E-state index contributed by atoms with van der Waals surface area (Å²) in [6.45, 7) is 21.3. The first-order chi connectivity index (χ1) is 19.5. The van der Waals surface area contributed by atoms with E-state index in [0.717, 1.165) is 0 Å². The molecule has 19 heteroatoms. The second kappa shape index (κ2) is 16.5. The van der Waals surface area contributed by atoms with Crippen molar-refractivity contribution in [3.8, 4) is 0 Å². The van der Waals surface area contributed by atoms with Crippen LogP contribution in [0.2, 0.25) is 78.6 Å². The molecule has 0 aliphatic heterocycles. The third kappa shape index (κ3) is 13.0. The predicted molar refractivity (Wildman–Crippen MR) is 172 cm³/mol. The number of rotatable bonds is 6. The molecule has 0 unspecified atom stereocenters. The van der Waals surface area contributed by atoms with E-state index in [9.17, 15) is 43.9 Å². The van der Waals surface area contributed by atoms with Crippen LogP contribution >= 0.6 is 0 Å². The molecule has 0 bridgehead atoms. The van der Waals surface area contributed by atoms with Crippen LogP contribution in [0.4, 0.5) is 43.9 Å². The molecule has 261 valence electrons. The van der Waals surface area contributed by atoms with Gasteiger partial charge < -0.3 is 26.7 Å². The molecule has 2 aromatic rings. The first-order valence-corrected chi connectivity index (χ1v) is 27.0. The normalized spacial score (nSPS) is 12.9. The minimum absolute atomic E-state index is 0. The van der Waals surface area contributed by atoms with E-state index < -0.39 is 102 Å². The van der Waals surface area contributed by atoms with E-state index in [2.05, 4.69) is 19.3 Å². The van der Waals surface area contributed by atoms with Crippen LogP contribution in [0.1, 0.15) is 11.1 Å². The number of benzene rings is 2. The molecule has 0 fully saturated rings. The van der Waals surface area contributed by atoms with Gasteiger partial charge in [0.2, 0.25) is 11.6 Å². The second-order valence-corrected chi connectivity index (χ2v) is 31.9. The summed E-state index contributed by atoms with van der Waals surface area (Å²) in [5.41, 5.74) is -2.08. The van der Waals surface area contributed by atoms with Gasteiger partial charge in [-0.2, -0.15) is 0 Å². The van der Waals surface area contributed by atoms with Crippen LogP contribution in [-0.4, -0.2) is 44.6 Å². The molecule has 1 radical (unpaired) electrons. The second-order valence-electron chi connectivity index (χ2n) is 13.7. The maximum Gasteiger partial charge on any atom is 0.200 e. The van der Waals surface area contributed by atoms with E-state index >= 15 is 0 Å². The molecular weight excluding hydrogens is 734 g/mol. The number of halogens is 10. The monoisotopic (exact) mass is 772 g/mol. The molecule has 0 saturated carbocycles. The molecular formula is C27H39F10N4Si4V-3. The standard InChI is InChI=1S/2C13H18F5N2Si2.CH3.V/c2*1-21(2,3)19-13(20-22(4,5)6)7-8(14)10(16)12(18)11(17)9(7)15;;/h2*1-6H3;1H3;/q3*-1;. The molecule has 4 nitrogen and oxygen atoms in total. The largest absolute Gasteiger partial charge is 0.472 e. The Balaban J connectivity index is 0. The van der Waals surface area contributed by atoms with Crippen LogP contribution in [0, 0.1) is 65.6 Å². The summed E-state index contributed by atoms with van der Waals surface area (Å²) in [4.78, 5) is 8.37. The van der Waals surface area contributed by atoms with Crippen LogP contribution in [0.3, 0.4) is 0 Å². The SMILES string of the molecule is C[Si](C)(C)/N=C(/[N-][Si](C)(C)C)c1c(F)c(F)c(F)c(F)c1F.C[Si](C)(C)/N=C(/[N-][Si](C)(C)C)c1c(F)c(F)c(F)c(F)c1F.[CH3-].[V]. The summed E-state index contributed by atoms with van der Waals surface area (Å²) in [6.07, 6.45) is 0. The number of hydrogen-bond acceptors (Lipinski definition) is 2. The fraction of sp³-hybridized carbons (Fsp3) is 0.444. The van der Waals surface area contributed by atoms with Crippen molar-refractivity contribution in [1.82, 2.24) is 0 Å². The maximum atomic E-state index is 14.0. The average Bonchev–Trinajstić information content (AvgIpc) is 2.80. The van der Waals surface area contributed by atoms with Crippen molar-refractivity contribution in [2.45, 2.75) is 78.6 Å². The van der Waals surface area contributed by atoms with Gasteiger partial charge in [-0.3, -0.25) is 0 Å². The Hall–Kier alpha value is -1.87. The Kier molecular flexibility index (Phi) is 16.6. The summed E-state index contributed by atoms with van der Waals surface area (Å²) in [6, 6.07) is 0. The smallest absolute Gasteiger partial charge is 0.200 e. The van der Waals surface area contributed by atoms with Crippen molar-refractivity contribution in [1.29, 1.82) is 0 Å². The van der Waals surface area contributed by atoms with E-state index in [1.165, 1.54) is 0 Å². The molecule has 0 saturated heterocycles. The Morgan fingerprint density at radius 3 is 0.717 bits per heavy atom. The van der Waals surface area contributed by atoms with E-state index in [1.54, 1.807) is 78.6 Å². The third-order valence-electron chi connectivity index (χ3n) is 4.63. The number of amidine groups is 2. The van der Waals surface area contributed by atoms with Gasteiger partial charge in [0.25, 0.3) is 0 Å². The summed E-state index contributed by atoms with van der Waals surface area (Å²) in [5.74, 6) is -20.6. The molecule has 0 N–H and O–H groups in total. The zero-order valence-electron chi connectivity index (χ0n) is 28.0. The van der Waals surface area contributed by atoms with Crippen LogP contribution in [0.15, 0.2) is 9.32 Å². The van der Waals surface area contributed by atoms with Gasteiger partial charge in [0.15, 0.2) is 46.5 Å². The third-order valence-corrected chi connectivity index (χ3v) is 8.16. The van der Waals surface area contributed by atoms with Crippen molar-refractivity contribution < 1.29 is 62.5 Å². The molecule has 0 amide bonds. The first-order valence-electron chi connectivity index (χ1n) is 13.2. The van der Waals surface area contributed by atoms with Crippen LogP contribution < -0.4 is 0 Å². The predicted octanol–water partition coefficient (Wildman–Crippen LogP) is 10.8. The first kappa shape index (κ1) is 46.3. The van der Waals surface area contributed by atoms with E-state index in [1.807, 2.05) is 0 Å². The van der Waals surface area contributed by atoms with Gasteiger partial charge in [-0.25, -0.2) is 43.9 Å². The Bertz CT molecular complexity index is 1300. The van der Waals surface area contributed by atoms with Gasteiger partial charge in [0.1, 0.15) is 0 Å². The van der Waals surface area contributed by atoms with Crippen LogP contribution in [0.5, 0.6) is 0 Å². The molecule has 0 aromatic heterocycles. The van der Waals surface area contributed by atoms with Crippen molar-refractivity contribution in [2.75, 3.05) is 0 Å². The van der Waals surface area contributed by atoms with Gasteiger partial charge in [0, 0.05) is 51.5 Å². The topological polar surface area (TPSA) is 52.9 Å². The summed E-state index contributed by atoms with van der Waals surface area (Å²) < 4.78 is 144. The molecule has 2 aromatic carbocycles. The van der Waals surface area contributed by atoms with Crippen molar-refractivity contribution in [3.05, 3.63) is 86.7 Å². The Labute approximate surface area is 280 Å². The minimum Gasteiger partial charge on any atom is -0.472 e. The van der Waals surface area contributed by atoms with Gasteiger partial charge in [-0.05, 0) is 0 Å². The van der Waals surface area contributed by atoms with E-state index in [-0.39, 0.29) is 37.7 Å². The molecule has 0 spiro atoms. The van der Waals surface area contributed by atoms with Crippen LogP contribution in [-0.2, 0) is 18.6 Å². The zero-order valence-corrected chi connectivity index (χ0v) is 33.4. The van der Waals surface area contributed by atoms with Crippen molar-refractivity contribution in [3.63, 3.8) is 0 Å². The van der Waals surface area contributed by atoms with Gasteiger partial charge in [-0.1, -0.05) is 90.2 Å². The van der Waals surface area contributed by atoms with Crippen LogP contribution in [0.25, 0.3) is 9.96 Å². The Morgan fingerprint density at radius 2 is 0.565 bits per heavy atom. The summed E-state index contributed by atoms with van der Waals surface area (Å²) >= 11 is 0. The fourth-order valence-electron chi connectivity index (χ4n) is 3.15. The number of hydrogen-bond donors (Lipinski definition) is 0. The van der Waals surface area contributed by atoms with Gasteiger partial charge >= 0.3 is 0 Å². The molecule has 0 heterocycles. The van der Waals surface area contributed by atoms with Crippen molar-refractivity contribution >= 4 is 44.6 Å². The minimum atomic E-state index is -2.25. The molecule has 2 rings (SSSR count). The van der Waals surface area contributed by atoms with E-state index in [4.69, 9.17) is 0 Å². The van der Waals surface area contributed by atoms with Gasteiger partial charge in [-0.15, -0.1) is 0 Å². The molecule has 0 atom stereocenters. The Morgan fingerprint density at radius 1 is 0.391 bits per heavy atom. The summed E-state index contributed by atoms with van der Waals surface area (Å²) in [5, 5.41) is 0. The fourth-order valence-corrected chi connectivity index (χ4v) is 6.54. The molecule has 0 aliphatic carbocycles. The van der Waals surface area contributed by atoms with Gasteiger partial charge in [0.05, 0.1) is 11.1 Å². The van der Waals surface area contributed by atoms with E-state index in [0.29, 0.717) is 0 Å².